The molecule has 0 saturated carbocycles. The van der Waals surface area contributed by atoms with Gasteiger partial charge in [-0.3, -0.25) is 0 Å². The van der Waals surface area contributed by atoms with Crippen molar-refractivity contribution in [2.45, 2.75) is 25.9 Å². The number of alkyl halides is 3. The van der Waals surface area contributed by atoms with E-state index < -0.39 is 12.7 Å². The molecular formula is C14H23F3N2+2. The molecule has 0 amide bonds. The number of quaternary nitrogens is 2. The summed E-state index contributed by atoms with van der Waals surface area (Å²) in [5.74, 6) is 0. The molecule has 19 heavy (non-hydrogen) atoms. The summed E-state index contributed by atoms with van der Waals surface area (Å²) in [4.78, 5) is 1.39. The Bertz CT molecular complexity index is 338. The summed E-state index contributed by atoms with van der Waals surface area (Å²) in [6, 6.07) is 10.2. The van der Waals surface area contributed by atoms with E-state index in [0.717, 1.165) is 25.9 Å². The van der Waals surface area contributed by atoms with Crippen LogP contribution in [0.15, 0.2) is 30.3 Å². The molecule has 1 aromatic carbocycles. The van der Waals surface area contributed by atoms with Gasteiger partial charge in [0.05, 0.1) is 19.6 Å². The quantitative estimate of drug-likeness (QED) is 0.664. The topological polar surface area (TPSA) is 21.1 Å². The monoisotopic (exact) mass is 276 g/mol. The molecule has 5 heteroatoms. The van der Waals surface area contributed by atoms with Crippen LogP contribution in [-0.4, -0.2) is 32.4 Å². The van der Waals surface area contributed by atoms with E-state index in [-0.39, 0.29) is 0 Å². The maximum Gasteiger partial charge on any atom is 0.438 e. The fraction of sp³-hybridized carbons (Fsp3) is 0.571. The zero-order valence-corrected chi connectivity index (χ0v) is 11.3. The van der Waals surface area contributed by atoms with Crippen LogP contribution in [0.5, 0.6) is 0 Å². The number of hydrogen-bond donors (Lipinski definition) is 2. The molecule has 108 valence electrons. The van der Waals surface area contributed by atoms with Crippen LogP contribution in [0.4, 0.5) is 18.9 Å². The predicted molar refractivity (Wildman–Crippen MR) is 69.4 cm³/mol. The Morgan fingerprint density at radius 2 is 1.79 bits per heavy atom. The minimum atomic E-state index is -4.05. The highest BCUT2D eigenvalue weighted by Gasteiger charge is 2.29. The Morgan fingerprint density at radius 1 is 1.11 bits per heavy atom. The Kier molecular flexibility index (Phi) is 6.87. The SMILES string of the molecule is CC[NH+](CCCC[NH2+]CC(F)(F)F)c1ccccc1. The Hall–Kier alpha value is -1.07. The van der Waals surface area contributed by atoms with Crippen molar-refractivity contribution in [3.63, 3.8) is 0 Å². The molecule has 0 aliphatic carbocycles. The Balaban J connectivity index is 2.17. The summed E-state index contributed by atoms with van der Waals surface area (Å²) in [5.41, 5.74) is 1.25. The van der Waals surface area contributed by atoms with E-state index >= 15 is 0 Å². The average Bonchev–Trinajstić information content (AvgIpc) is 2.38. The van der Waals surface area contributed by atoms with Gasteiger partial charge in [-0.2, -0.15) is 13.2 Å². The van der Waals surface area contributed by atoms with Crippen molar-refractivity contribution in [3.8, 4) is 0 Å². The summed E-state index contributed by atoms with van der Waals surface area (Å²) < 4.78 is 35.8. The lowest BCUT2D eigenvalue weighted by molar-refractivity contribution is -0.831. The van der Waals surface area contributed by atoms with Crippen LogP contribution >= 0.6 is 0 Å². The van der Waals surface area contributed by atoms with Gasteiger partial charge in [-0.15, -0.1) is 0 Å². The highest BCUT2D eigenvalue weighted by atomic mass is 19.4. The number of unbranched alkanes of at least 4 members (excludes halogenated alkanes) is 1. The van der Waals surface area contributed by atoms with Crippen molar-refractivity contribution in [2.75, 3.05) is 26.2 Å². The van der Waals surface area contributed by atoms with Gasteiger partial charge in [0.2, 0.25) is 0 Å². The number of nitrogens with one attached hydrogen (secondary N) is 1. The first-order valence-corrected chi connectivity index (χ1v) is 6.81. The highest BCUT2D eigenvalue weighted by Crippen LogP contribution is 2.09. The van der Waals surface area contributed by atoms with Crippen LogP contribution in [0.1, 0.15) is 19.8 Å². The molecule has 0 bridgehead atoms. The minimum Gasteiger partial charge on any atom is -0.339 e. The van der Waals surface area contributed by atoms with E-state index in [1.54, 1.807) is 0 Å². The molecule has 1 aromatic rings. The number of benzene rings is 1. The van der Waals surface area contributed by atoms with E-state index in [4.69, 9.17) is 0 Å². The fourth-order valence-corrected chi connectivity index (χ4v) is 2.09. The van der Waals surface area contributed by atoms with Crippen LogP contribution in [0.3, 0.4) is 0 Å². The lowest BCUT2D eigenvalue weighted by Gasteiger charge is -2.16. The lowest BCUT2D eigenvalue weighted by Crippen LogP contribution is -3.06. The number of nitrogens with two attached hydrogens (primary N) is 1. The van der Waals surface area contributed by atoms with E-state index in [2.05, 4.69) is 19.1 Å². The van der Waals surface area contributed by atoms with Gasteiger partial charge in [0.15, 0.2) is 6.54 Å². The number of rotatable bonds is 8. The van der Waals surface area contributed by atoms with E-state index in [1.165, 1.54) is 15.9 Å². The van der Waals surface area contributed by atoms with Gasteiger partial charge in [-0.25, -0.2) is 0 Å². The lowest BCUT2D eigenvalue weighted by atomic mass is 10.2. The fourth-order valence-electron chi connectivity index (χ4n) is 2.09. The molecule has 0 aliphatic rings. The molecule has 0 heterocycles. The van der Waals surface area contributed by atoms with Gasteiger partial charge in [-0.1, -0.05) is 18.2 Å². The summed E-state index contributed by atoms with van der Waals surface area (Å²) >= 11 is 0. The first kappa shape index (κ1) is 16.0. The van der Waals surface area contributed by atoms with Crippen LogP contribution in [-0.2, 0) is 0 Å². The van der Waals surface area contributed by atoms with Crippen LogP contribution in [0.2, 0.25) is 0 Å². The maximum atomic E-state index is 11.9. The van der Waals surface area contributed by atoms with Crippen molar-refractivity contribution in [1.82, 2.24) is 0 Å². The number of hydrogen-bond acceptors (Lipinski definition) is 0. The van der Waals surface area contributed by atoms with Gasteiger partial charge < -0.3 is 10.2 Å². The second-order valence-corrected chi connectivity index (χ2v) is 4.68. The molecular weight excluding hydrogens is 253 g/mol. The summed E-state index contributed by atoms with van der Waals surface area (Å²) in [6.45, 7) is 3.87. The van der Waals surface area contributed by atoms with Gasteiger partial charge in [0.25, 0.3) is 0 Å². The molecule has 1 atom stereocenters. The van der Waals surface area contributed by atoms with Crippen LogP contribution in [0.25, 0.3) is 0 Å². The molecule has 3 N–H and O–H groups in total. The minimum absolute atomic E-state index is 0.547. The molecule has 0 aromatic heterocycles. The van der Waals surface area contributed by atoms with Crippen molar-refractivity contribution < 1.29 is 23.4 Å². The Labute approximate surface area is 112 Å². The average molecular weight is 276 g/mol. The smallest absolute Gasteiger partial charge is 0.339 e. The largest absolute Gasteiger partial charge is 0.438 e. The standard InChI is InChI=1S/C14H21F3N2/c1-2-19(13-8-4-3-5-9-13)11-7-6-10-18-12-14(15,16)17/h3-5,8-9,18H,2,6-7,10-12H2,1H3/p+2. The normalized spacial score (nSPS) is 13.5. The van der Waals surface area contributed by atoms with E-state index in [1.807, 2.05) is 18.2 Å². The van der Waals surface area contributed by atoms with Crippen molar-refractivity contribution in [2.24, 2.45) is 0 Å². The zero-order valence-electron chi connectivity index (χ0n) is 11.3. The third-order valence-electron chi connectivity index (χ3n) is 3.12. The maximum absolute atomic E-state index is 11.9. The molecule has 1 unspecified atom stereocenters. The zero-order chi connectivity index (χ0) is 14.1. The molecule has 0 saturated heterocycles. The second-order valence-electron chi connectivity index (χ2n) is 4.68. The van der Waals surface area contributed by atoms with Crippen molar-refractivity contribution in [1.29, 1.82) is 0 Å². The van der Waals surface area contributed by atoms with Gasteiger partial charge in [0, 0.05) is 12.8 Å². The van der Waals surface area contributed by atoms with Gasteiger partial charge in [-0.05, 0) is 19.1 Å². The van der Waals surface area contributed by atoms with Crippen molar-refractivity contribution >= 4 is 5.69 Å². The molecule has 2 nitrogen and oxygen atoms in total. The van der Waals surface area contributed by atoms with Gasteiger partial charge >= 0.3 is 6.18 Å². The molecule has 0 radical (unpaired) electrons. The molecule has 0 fully saturated rings. The summed E-state index contributed by atoms with van der Waals surface area (Å²) in [5, 5.41) is 1.34. The first-order valence-electron chi connectivity index (χ1n) is 6.81. The molecule has 0 aliphatic heterocycles. The summed E-state index contributed by atoms with van der Waals surface area (Å²) in [6.07, 6.45) is -2.27. The van der Waals surface area contributed by atoms with Crippen LogP contribution in [0, 0.1) is 0 Å². The number of para-hydroxylation sites is 1. The molecule has 1 rings (SSSR count). The highest BCUT2D eigenvalue weighted by molar-refractivity contribution is 5.27. The third kappa shape index (κ3) is 7.18. The molecule has 0 spiro atoms. The van der Waals surface area contributed by atoms with E-state index in [9.17, 15) is 13.2 Å². The second kappa shape index (κ2) is 8.17. The van der Waals surface area contributed by atoms with Gasteiger partial charge in [0.1, 0.15) is 5.69 Å². The third-order valence-corrected chi connectivity index (χ3v) is 3.12. The predicted octanol–water partition coefficient (Wildman–Crippen LogP) is 1.13. The number of halogens is 3. The summed E-state index contributed by atoms with van der Waals surface area (Å²) in [7, 11) is 0. The van der Waals surface area contributed by atoms with Crippen LogP contribution < -0.4 is 10.2 Å². The van der Waals surface area contributed by atoms with E-state index in [0.29, 0.717) is 6.54 Å². The van der Waals surface area contributed by atoms with Crippen molar-refractivity contribution in [3.05, 3.63) is 30.3 Å². The Morgan fingerprint density at radius 3 is 2.37 bits per heavy atom. The first-order chi connectivity index (χ1) is 9.03.